The highest BCUT2D eigenvalue weighted by atomic mass is 16.5. The van der Waals surface area contributed by atoms with Crippen molar-refractivity contribution in [1.29, 1.82) is 0 Å². The lowest BCUT2D eigenvalue weighted by Gasteiger charge is -2.31. The number of carbonyl (C=O) groups excluding carboxylic acids is 2. The standard InChI is InChI=1S/C12H16O3/c1-4-8-12(3)10(14)6-5-7-11(12)15-9(2)13/h4,7H,1,5-6,8H2,2-3H3/t12-/m1/s1. The minimum atomic E-state index is -0.703. The highest BCUT2D eigenvalue weighted by Crippen LogP contribution is 2.38. The van der Waals surface area contributed by atoms with Gasteiger partial charge in [-0.2, -0.15) is 0 Å². The van der Waals surface area contributed by atoms with Gasteiger partial charge in [-0.25, -0.2) is 0 Å². The minimum Gasteiger partial charge on any atom is -0.431 e. The molecule has 3 heteroatoms. The normalized spacial score (nSPS) is 25.7. The van der Waals surface area contributed by atoms with Gasteiger partial charge in [0.05, 0.1) is 5.41 Å². The first-order chi connectivity index (χ1) is 7.00. The first kappa shape index (κ1) is 11.7. The van der Waals surface area contributed by atoms with Crippen LogP contribution in [0, 0.1) is 5.41 Å². The van der Waals surface area contributed by atoms with Crippen molar-refractivity contribution in [2.45, 2.75) is 33.1 Å². The van der Waals surface area contributed by atoms with Crippen LogP contribution in [0.15, 0.2) is 24.5 Å². The van der Waals surface area contributed by atoms with Gasteiger partial charge in [0, 0.05) is 13.3 Å². The molecule has 3 nitrogen and oxygen atoms in total. The SMILES string of the molecule is C=CC[C@]1(C)C(=O)CCC=C1OC(C)=O. The van der Waals surface area contributed by atoms with E-state index in [4.69, 9.17) is 4.74 Å². The molecular weight excluding hydrogens is 192 g/mol. The summed E-state index contributed by atoms with van der Waals surface area (Å²) in [5, 5.41) is 0. The smallest absolute Gasteiger partial charge is 0.307 e. The summed E-state index contributed by atoms with van der Waals surface area (Å²) in [6, 6.07) is 0. The zero-order valence-electron chi connectivity index (χ0n) is 9.21. The average Bonchev–Trinajstić information content (AvgIpc) is 2.13. The summed E-state index contributed by atoms with van der Waals surface area (Å²) in [4.78, 5) is 22.7. The highest BCUT2D eigenvalue weighted by Gasteiger charge is 2.39. The van der Waals surface area contributed by atoms with Crippen LogP contribution in [0.4, 0.5) is 0 Å². The third-order valence-corrected chi connectivity index (χ3v) is 2.67. The fourth-order valence-corrected chi connectivity index (χ4v) is 1.79. The van der Waals surface area contributed by atoms with E-state index in [2.05, 4.69) is 6.58 Å². The summed E-state index contributed by atoms with van der Waals surface area (Å²) in [7, 11) is 0. The Balaban J connectivity index is 2.99. The maximum Gasteiger partial charge on any atom is 0.307 e. The highest BCUT2D eigenvalue weighted by molar-refractivity contribution is 5.89. The summed E-state index contributed by atoms with van der Waals surface area (Å²) < 4.78 is 5.08. The predicted octanol–water partition coefficient (Wildman–Crippen LogP) is 2.38. The van der Waals surface area contributed by atoms with Gasteiger partial charge in [0.1, 0.15) is 11.5 Å². The average molecular weight is 208 g/mol. The zero-order chi connectivity index (χ0) is 11.5. The van der Waals surface area contributed by atoms with E-state index >= 15 is 0 Å². The number of allylic oxidation sites excluding steroid dienone is 3. The summed E-state index contributed by atoms with van der Waals surface area (Å²) in [5.41, 5.74) is -0.703. The first-order valence-electron chi connectivity index (χ1n) is 5.04. The topological polar surface area (TPSA) is 43.4 Å². The van der Waals surface area contributed by atoms with Crippen molar-refractivity contribution in [1.82, 2.24) is 0 Å². The molecule has 1 aliphatic rings. The quantitative estimate of drug-likeness (QED) is 0.528. The van der Waals surface area contributed by atoms with Crippen molar-refractivity contribution in [2.75, 3.05) is 0 Å². The molecule has 1 rings (SSSR count). The van der Waals surface area contributed by atoms with Gasteiger partial charge in [-0.05, 0) is 25.8 Å². The lowest BCUT2D eigenvalue weighted by atomic mass is 9.75. The number of carbonyl (C=O) groups is 2. The van der Waals surface area contributed by atoms with Gasteiger partial charge in [0.15, 0.2) is 0 Å². The molecule has 1 aliphatic carbocycles. The second-order valence-corrected chi connectivity index (χ2v) is 3.95. The van der Waals surface area contributed by atoms with Crippen LogP contribution in [-0.2, 0) is 14.3 Å². The molecule has 0 spiro atoms. The van der Waals surface area contributed by atoms with Crippen LogP contribution in [0.5, 0.6) is 0 Å². The molecule has 0 aliphatic heterocycles. The molecule has 0 aromatic carbocycles. The molecule has 0 aromatic heterocycles. The van der Waals surface area contributed by atoms with Gasteiger partial charge >= 0.3 is 5.97 Å². The van der Waals surface area contributed by atoms with E-state index in [1.54, 1.807) is 13.0 Å². The second kappa shape index (κ2) is 4.43. The summed E-state index contributed by atoms with van der Waals surface area (Å²) in [5.74, 6) is 0.207. The number of esters is 1. The number of hydrogen-bond donors (Lipinski definition) is 0. The Kier molecular flexibility index (Phi) is 3.45. The summed E-state index contributed by atoms with van der Waals surface area (Å²) >= 11 is 0. The molecule has 0 fully saturated rings. The third-order valence-electron chi connectivity index (χ3n) is 2.67. The van der Waals surface area contributed by atoms with Crippen molar-refractivity contribution < 1.29 is 14.3 Å². The molecule has 1 atom stereocenters. The van der Waals surface area contributed by atoms with E-state index in [-0.39, 0.29) is 11.8 Å². The fraction of sp³-hybridized carbons (Fsp3) is 0.500. The minimum absolute atomic E-state index is 0.112. The van der Waals surface area contributed by atoms with E-state index in [1.807, 2.05) is 6.08 Å². The summed E-state index contributed by atoms with van der Waals surface area (Å²) in [6.45, 7) is 6.77. The Hall–Kier alpha value is -1.38. The number of rotatable bonds is 3. The van der Waals surface area contributed by atoms with Crippen molar-refractivity contribution >= 4 is 11.8 Å². The maximum atomic E-state index is 11.8. The predicted molar refractivity (Wildman–Crippen MR) is 57.0 cm³/mol. The molecule has 0 radical (unpaired) electrons. The maximum absolute atomic E-state index is 11.8. The largest absolute Gasteiger partial charge is 0.431 e. The monoisotopic (exact) mass is 208 g/mol. The molecule has 15 heavy (non-hydrogen) atoms. The third kappa shape index (κ3) is 2.35. The molecule has 0 saturated carbocycles. The fourth-order valence-electron chi connectivity index (χ4n) is 1.79. The number of ketones is 1. The number of hydrogen-bond acceptors (Lipinski definition) is 3. The van der Waals surface area contributed by atoms with Gasteiger partial charge in [0.2, 0.25) is 0 Å². The molecule has 0 heterocycles. The molecule has 0 saturated heterocycles. The second-order valence-electron chi connectivity index (χ2n) is 3.95. The van der Waals surface area contributed by atoms with Crippen molar-refractivity contribution in [3.8, 4) is 0 Å². The van der Waals surface area contributed by atoms with Crippen LogP contribution in [0.25, 0.3) is 0 Å². The zero-order valence-corrected chi connectivity index (χ0v) is 9.21. The summed E-state index contributed by atoms with van der Waals surface area (Å²) in [6.07, 6.45) is 5.17. The van der Waals surface area contributed by atoms with Crippen LogP contribution in [0.2, 0.25) is 0 Å². The van der Waals surface area contributed by atoms with Gasteiger partial charge in [-0.15, -0.1) is 6.58 Å². The van der Waals surface area contributed by atoms with E-state index in [0.717, 1.165) is 0 Å². The molecule has 0 bridgehead atoms. The van der Waals surface area contributed by atoms with E-state index in [1.165, 1.54) is 6.92 Å². The van der Waals surface area contributed by atoms with E-state index in [9.17, 15) is 9.59 Å². The Labute approximate surface area is 89.8 Å². The van der Waals surface area contributed by atoms with Crippen molar-refractivity contribution in [3.63, 3.8) is 0 Å². The van der Waals surface area contributed by atoms with E-state index in [0.29, 0.717) is 25.0 Å². The Morgan fingerprint density at radius 3 is 2.93 bits per heavy atom. The van der Waals surface area contributed by atoms with Gasteiger partial charge in [0.25, 0.3) is 0 Å². The number of ether oxygens (including phenoxy) is 1. The van der Waals surface area contributed by atoms with E-state index < -0.39 is 5.41 Å². The molecule has 0 N–H and O–H groups in total. The molecule has 0 amide bonds. The van der Waals surface area contributed by atoms with Crippen LogP contribution in [0.1, 0.15) is 33.1 Å². The Morgan fingerprint density at radius 1 is 1.73 bits per heavy atom. The van der Waals surface area contributed by atoms with Crippen molar-refractivity contribution in [2.24, 2.45) is 5.41 Å². The Bertz CT molecular complexity index is 328. The molecule has 0 aromatic rings. The van der Waals surface area contributed by atoms with Crippen molar-refractivity contribution in [3.05, 3.63) is 24.5 Å². The van der Waals surface area contributed by atoms with Gasteiger partial charge in [-0.3, -0.25) is 9.59 Å². The Morgan fingerprint density at radius 2 is 2.40 bits per heavy atom. The molecular formula is C12H16O3. The number of Topliss-reactive ketones (excluding diaryl/α,β-unsaturated/α-hetero) is 1. The van der Waals surface area contributed by atoms with Gasteiger partial charge in [-0.1, -0.05) is 6.08 Å². The lowest BCUT2D eigenvalue weighted by molar-refractivity contribution is -0.141. The van der Waals surface area contributed by atoms with Crippen LogP contribution >= 0.6 is 0 Å². The first-order valence-corrected chi connectivity index (χ1v) is 5.04. The van der Waals surface area contributed by atoms with Crippen LogP contribution in [0.3, 0.4) is 0 Å². The molecule has 0 unspecified atom stereocenters. The van der Waals surface area contributed by atoms with Crippen LogP contribution < -0.4 is 0 Å². The van der Waals surface area contributed by atoms with Gasteiger partial charge < -0.3 is 4.74 Å². The molecule has 82 valence electrons. The lowest BCUT2D eigenvalue weighted by Crippen LogP contribution is -2.33. The van der Waals surface area contributed by atoms with Crippen LogP contribution in [-0.4, -0.2) is 11.8 Å².